The van der Waals surface area contributed by atoms with E-state index in [0.29, 0.717) is 34.3 Å². The molecule has 0 aliphatic rings. The quantitative estimate of drug-likeness (QED) is 0.181. The Labute approximate surface area is 195 Å². The maximum atomic E-state index is 12.6. The summed E-state index contributed by atoms with van der Waals surface area (Å²) < 4.78 is 31.7. The van der Waals surface area contributed by atoms with E-state index in [1.807, 2.05) is 6.92 Å². The standard InChI is InChI=1S/C21H25N5O7S/c1-3-4-11-34(31,32)25-14-5-6-16-15(12-14)13(2)19(24-16)21(28)23-10-9-22-20(27)17-7-8-18(33-17)26(29)30/h5-8,12,24-25H,3-4,9-11H2,1-2H3,(H,22,27)(H,23,28). The number of carbonyl (C=O) groups excluding carboxylic acids is 2. The van der Waals surface area contributed by atoms with Gasteiger partial charge in [0.1, 0.15) is 10.6 Å². The maximum absolute atomic E-state index is 12.6. The van der Waals surface area contributed by atoms with E-state index in [-0.39, 0.29) is 24.6 Å². The molecule has 2 aromatic heterocycles. The fourth-order valence-corrected chi connectivity index (χ4v) is 4.51. The van der Waals surface area contributed by atoms with Crippen LogP contribution in [-0.4, -0.2) is 49.0 Å². The van der Waals surface area contributed by atoms with E-state index in [9.17, 15) is 28.1 Å². The number of fused-ring (bicyclic) bond motifs is 1. The zero-order valence-electron chi connectivity index (χ0n) is 18.6. The van der Waals surface area contributed by atoms with Crippen LogP contribution in [0, 0.1) is 17.0 Å². The first-order valence-electron chi connectivity index (χ1n) is 10.5. The molecule has 0 unspecified atom stereocenters. The number of nitrogens with zero attached hydrogens (tertiary/aromatic N) is 1. The molecule has 0 saturated heterocycles. The number of nitro groups is 1. The number of carbonyl (C=O) groups is 2. The SMILES string of the molecule is CCCCS(=O)(=O)Nc1ccc2[nH]c(C(=O)NCCNC(=O)c3ccc([N+](=O)[O-])o3)c(C)c2c1. The number of benzene rings is 1. The van der Waals surface area contributed by atoms with Gasteiger partial charge in [-0.2, -0.15) is 0 Å². The third kappa shape index (κ3) is 5.92. The van der Waals surface area contributed by atoms with E-state index in [1.165, 1.54) is 6.07 Å². The number of hydrogen-bond donors (Lipinski definition) is 4. The third-order valence-electron chi connectivity index (χ3n) is 5.02. The lowest BCUT2D eigenvalue weighted by Crippen LogP contribution is -2.34. The van der Waals surface area contributed by atoms with Crippen molar-refractivity contribution in [3.63, 3.8) is 0 Å². The van der Waals surface area contributed by atoms with Gasteiger partial charge in [-0.05, 0) is 43.2 Å². The smallest absolute Gasteiger partial charge is 0.395 e. The lowest BCUT2D eigenvalue weighted by Gasteiger charge is -2.07. The molecular weight excluding hydrogens is 466 g/mol. The number of aryl methyl sites for hydroxylation is 1. The van der Waals surface area contributed by atoms with Gasteiger partial charge in [-0.15, -0.1) is 0 Å². The van der Waals surface area contributed by atoms with Crippen molar-refractivity contribution in [1.82, 2.24) is 15.6 Å². The minimum Gasteiger partial charge on any atom is -0.395 e. The summed E-state index contributed by atoms with van der Waals surface area (Å²) in [6.07, 6.45) is 1.33. The number of unbranched alkanes of at least 4 members (excludes halogenated alkanes) is 1. The number of sulfonamides is 1. The summed E-state index contributed by atoms with van der Waals surface area (Å²) >= 11 is 0. The minimum atomic E-state index is -3.45. The van der Waals surface area contributed by atoms with Crippen LogP contribution in [0.15, 0.2) is 34.7 Å². The number of anilines is 1. The summed E-state index contributed by atoms with van der Waals surface area (Å²) in [6, 6.07) is 7.26. The molecule has 0 saturated carbocycles. The van der Waals surface area contributed by atoms with E-state index in [0.717, 1.165) is 12.5 Å². The van der Waals surface area contributed by atoms with Crippen molar-refractivity contribution in [3.05, 3.63) is 57.5 Å². The molecule has 2 heterocycles. The fourth-order valence-electron chi connectivity index (χ4n) is 3.26. The highest BCUT2D eigenvalue weighted by Gasteiger charge is 2.18. The third-order valence-corrected chi connectivity index (χ3v) is 6.39. The highest BCUT2D eigenvalue weighted by molar-refractivity contribution is 7.92. The number of amides is 2. The first kappa shape index (κ1) is 24.8. The lowest BCUT2D eigenvalue weighted by atomic mass is 10.1. The number of H-pyrrole nitrogens is 1. The molecule has 0 atom stereocenters. The van der Waals surface area contributed by atoms with Crippen LogP contribution < -0.4 is 15.4 Å². The molecule has 0 spiro atoms. The predicted octanol–water partition coefficient (Wildman–Crippen LogP) is 2.68. The minimum absolute atomic E-state index is 0.0364. The number of furan rings is 1. The molecule has 0 fully saturated rings. The first-order chi connectivity index (χ1) is 16.1. The molecule has 1 aromatic carbocycles. The molecule has 0 aliphatic heterocycles. The van der Waals surface area contributed by atoms with E-state index < -0.39 is 32.6 Å². The van der Waals surface area contributed by atoms with Gasteiger partial charge in [0.05, 0.1) is 11.8 Å². The Kier molecular flexibility index (Phi) is 7.56. The van der Waals surface area contributed by atoms with Gasteiger partial charge in [-0.1, -0.05) is 13.3 Å². The van der Waals surface area contributed by atoms with Gasteiger partial charge in [0.15, 0.2) is 5.76 Å². The molecule has 12 nitrogen and oxygen atoms in total. The molecule has 0 bridgehead atoms. The van der Waals surface area contributed by atoms with E-state index in [2.05, 4.69) is 20.3 Å². The molecule has 0 radical (unpaired) electrons. The van der Waals surface area contributed by atoms with Gasteiger partial charge in [-0.25, -0.2) is 8.42 Å². The highest BCUT2D eigenvalue weighted by atomic mass is 32.2. The Morgan fingerprint density at radius 2 is 1.82 bits per heavy atom. The Balaban J connectivity index is 1.59. The largest absolute Gasteiger partial charge is 0.433 e. The van der Waals surface area contributed by atoms with Crippen molar-refractivity contribution in [2.75, 3.05) is 23.6 Å². The zero-order chi connectivity index (χ0) is 24.9. The van der Waals surface area contributed by atoms with Crippen LogP contribution in [0.3, 0.4) is 0 Å². The topological polar surface area (TPSA) is 176 Å². The summed E-state index contributed by atoms with van der Waals surface area (Å²) in [6.45, 7) is 3.83. The summed E-state index contributed by atoms with van der Waals surface area (Å²) in [4.78, 5) is 37.5. The average molecular weight is 492 g/mol. The number of hydrogen-bond acceptors (Lipinski definition) is 7. The van der Waals surface area contributed by atoms with Gasteiger partial charge in [0, 0.05) is 29.7 Å². The normalized spacial score (nSPS) is 11.4. The van der Waals surface area contributed by atoms with Crippen LogP contribution in [0.25, 0.3) is 10.9 Å². The number of aromatic amines is 1. The van der Waals surface area contributed by atoms with Gasteiger partial charge < -0.3 is 20.0 Å². The van der Waals surface area contributed by atoms with Crippen molar-refractivity contribution >= 4 is 44.3 Å². The van der Waals surface area contributed by atoms with Gasteiger partial charge in [-0.3, -0.25) is 24.4 Å². The molecule has 182 valence electrons. The number of nitrogens with one attached hydrogen (secondary N) is 4. The van der Waals surface area contributed by atoms with E-state index in [4.69, 9.17) is 4.42 Å². The average Bonchev–Trinajstić information content (AvgIpc) is 3.41. The summed E-state index contributed by atoms with van der Waals surface area (Å²) in [7, 11) is -3.45. The van der Waals surface area contributed by atoms with Crippen molar-refractivity contribution < 1.29 is 27.3 Å². The maximum Gasteiger partial charge on any atom is 0.433 e. The molecule has 4 N–H and O–H groups in total. The number of rotatable bonds is 11. The van der Waals surface area contributed by atoms with Crippen LogP contribution in [0.2, 0.25) is 0 Å². The Morgan fingerprint density at radius 3 is 2.47 bits per heavy atom. The Morgan fingerprint density at radius 1 is 1.12 bits per heavy atom. The summed E-state index contributed by atoms with van der Waals surface area (Å²) in [5, 5.41) is 16.5. The van der Waals surface area contributed by atoms with Crippen molar-refractivity contribution in [3.8, 4) is 0 Å². The second kappa shape index (κ2) is 10.4. The van der Waals surface area contributed by atoms with Gasteiger partial charge in [0.25, 0.3) is 11.8 Å². The van der Waals surface area contributed by atoms with Crippen LogP contribution in [0.4, 0.5) is 11.6 Å². The van der Waals surface area contributed by atoms with Crippen LogP contribution in [-0.2, 0) is 10.0 Å². The van der Waals surface area contributed by atoms with E-state index >= 15 is 0 Å². The second-order valence-corrected chi connectivity index (χ2v) is 9.41. The number of aromatic nitrogens is 1. The predicted molar refractivity (Wildman–Crippen MR) is 125 cm³/mol. The monoisotopic (exact) mass is 491 g/mol. The molecule has 2 amide bonds. The zero-order valence-corrected chi connectivity index (χ0v) is 19.5. The lowest BCUT2D eigenvalue weighted by molar-refractivity contribution is -0.402. The summed E-state index contributed by atoms with van der Waals surface area (Å²) in [5.41, 5.74) is 2.05. The Hall–Kier alpha value is -3.87. The first-order valence-corrected chi connectivity index (χ1v) is 12.2. The highest BCUT2D eigenvalue weighted by Crippen LogP contribution is 2.25. The Bertz CT molecular complexity index is 1330. The van der Waals surface area contributed by atoms with Gasteiger partial charge >= 0.3 is 5.88 Å². The molecule has 3 rings (SSSR count). The van der Waals surface area contributed by atoms with Crippen LogP contribution in [0.1, 0.15) is 46.4 Å². The van der Waals surface area contributed by atoms with Crippen LogP contribution >= 0.6 is 0 Å². The molecular formula is C21H25N5O7S. The molecule has 0 aliphatic carbocycles. The second-order valence-electron chi connectivity index (χ2n) is 7.57. The molecule has 34 heavy (non-hydrogen) atoms. The van der Waals surface area contributed by atoms with Crippen molar-refractivity contribution in [2.24, 2.45) is 0 Å². The molecule has 3 aromatic rings. The van der Waals surface area contributed by atoms with E-state index in [1.54, 1.807) is 25.1 Å². The molecule has 13 heteroatoms. The summed E-state index contributed by atoms with van der Waals surface area (Å²) in [5.74, 6) is -1.75. The van der Waals surface area contributed by atoms with Gasteiger partial charge in [0.2, 0.25) is 10.0 Å². The van der Waals surface area contributed by atoms with Crippen LogP contribution in [0.5, 0.6) is 0 Å². The van der Waals surface area contributed by atoms with Crippen molar-refractivity contribution in [1.29, 1.82) is 0 Å². The van der Waals surface area contributed by atoms with Crippen molar-refractivity contribution in [2.45, 2.75) is 26.7 Å². The fraction of sp³-hybridized carbons (Fsp3) is 0.333.